The zero-order valence-electron chi connectivity index (χ0n) is 24.2. The number of amides is 2. The van der Waals surface area contributed by atoms with Crippen LogP contribution in [0.5, 0.6) is 0 Å². The highest BCUT2D eigenvalue weighted by molar-refractivity contribution is 6.39. The standard InChI is InChI=1S/C39H24Cl3NO3/c40-27-15-11-25(12-16-27)38-31(23-7-3-1-4-8-23)32(24-9-5-2-6-10-24)39(37(38)46,26-13-17-28(41)18-14-26)34-33(38)35(44)43(36(34)45)30-21-19-29(42)20-22-30/h1-22,33-34H/t33-,34+,38-,39-/m1/s1. The maximum atomic E-state index is 15.9. The van der Waals surface area contributed by atoms with Crippen LogP contribution in [0.15, 0.2) is 133 Å². The molecule has 0 radical (unpaired) electrons. The lowest BCUT2D eigenvalue weighted by Crippen LogP contribution is -2.45. The number of rotatable bonds is 5. The molecule has 2 amide bonds. The van der Waals surface area contributed by atoms with Crippen LogP contribution < -0.4 is 4.90 Å². The topological polar surface area (TPSA) is 54.5 Å². The number of hydrogen-bond donors (Lipinski definition) is 0. The van der Waals surface area contributed by atoms with Gasteiger partial charge in [0.05, 0.1) is 28.4 Å². The number of imide groups is 1. The first-order valence-corrected chi connectivity index (χ1v) is 16.0. The van der Waals surface area contributed by atoms with Gasteiger partial charge in [0.2, 0.25) is 11.8 Å². The van der Waals surface area contributed by atoms with E-state index in [0.29, 0.717) is 43.0 Å². The van der Waals surface area contributed by atoms with Gasteiger partial charge in [-0.15, -0.1) is 0 Å². The van der Waals surface area contributed by atoms with Crippen molar-refractivity contribution >= 4 is 69.2 Å². The van der Waals surface area contributed by atoms with Crippen LogP contribution in [-0.2, 0) is 25.2 Å². The predicted octanol–water partition coefficient (Wildman–Crippen LogP) is 8.84. The lowest BCUT2D eigenvalue weighted by molar-refractivity contribution is -0.130. The number of carbonyl (C=O) groups is 3. The van der Waals surface area contributed by atoms with E-state index in [1.165, 1.54) is 4.90 Å². The fourth-order valence-corrected chi connectivity index (χ4v) is 8.58. The molecule has 1 heterocycles. The number of ketones is 1. The molecule has 5 aromatic carbocycles. The SMILES string of the molecule is O=C1[C@@H]2[C@H](C(=O)N1c1ccc(Cl)cc1)[C@]1(c3ccc(Cl)cc3)C(=O)[C@]2(c2ccc(Cl)cc2)C(c2ccccc2)=C1c1ccccc1. The van der Waals surface area contributed by atoms with Crippen molar-refractivity contribution in [2.24, 2.45) is 11.8 Å². The largest absolute Gasteiger partial charge is 0.297 e. The second-order valence-electron chi connectivity index (χ2n) is 11.9. The summed E-state index contributed by atoms with van der Waals surface area (Å²) in [6, 6.07) is 40.2. The van der Waals surface area contributed by atoms with E-state index < -0.39 is 34.5 Å². The molecule has 4 nitrogen and oxygen atoms in total. The van der Waals surface area contributed by atoms with Gasteiger partial charge in [-0.1, -0.05) is 120 Å². The summed E-state index contributed by atoms with van der Waals surface area (Å²) >= 11 is 19.0. The van der Waals surface area contributed by atoms with Crippen molar-refractivity contribution < 1.29 is 14.4 Å². The second-order valence-corrected chi connectivity index (χ2v) is 13.2. The Morgan fingerprint density at radius 1 is 0.457 bits per heavy atom. The molecule has 1 aliphatic heterocycles. The third kappa shape index (κ3) is 3.72. The van der Waals surface area contributed by atoms with E-state index in [1.807, 2.05) is 84.9 Å². The Balaban J connectivity index is 1.56. The van der Waals surface area contributed by atoms with Gasteiger partial charge in [-0.25, -0.2) is 4.90 Å². The van der Waals surface area contributed by atoms with Crippen molar-refractivity contribution in [1.82, 2.24) is 0 Å². The molecule has 0 N–H and O–H groups in total. The molecule has 2 fully saturated rings. The first-order valence-electron chi connectivity index (χ1n) is 14.9. The highest BCUT2D eigenvalue weighted by Crippen LogP contribution is 2.74. The molecule has 224 valence electrons. The second kappa shape index (κ2) is 10.5. The number of carbonyl (C=O) groups excluding carboxylic acids is 3. The number of benzene rings is 5. The van der Waals surface area contributed by atoms with Crippen molar-refractivity contribution in [1.29, 1.82) is 0 Å². The van der Waals surface area contributed by atoms with Gasteiger partial charge in [-0.05, 0) is 81.9 Å². The number of hydrogen-bond acceptors (Lipinski definition) is 3. The molecular weight excluding hydrogens is 637 g/mol. The predicted molar refractivity (Wildman–Crippen MR) is 182 cm³/mol. The Hall–Kier alpha value is -4.48. The maximum absolute atomic E-state index is 15.9. The number of Topliss-reactive ketones (excluding diaryl/α,β-unsaturated/α-hetero) is 1. The molecule has 2 bridgehead atoms. The Morgan fingerprint density at radius 3 is 1.17 bits per heavy atom. The molecule has 1 saturated heterocycles. The summed E-state index contributed by atoms with van der Waals surface area (Å²) in [6.07, 6.45) is 0. The van der Waals surface area contributed by atoms with E-state index in [0.717, 1.165) is 11.1 Å². The summed E-state index contributed by atoms with van der Waals surface area (Å²) in [5, 5.41) is 1.47. The quantitative estimate of drug-likeness (QED) is 0.177. The highest BCUT2D eigenvalue weighted by Gasteiger charge is 2.82. The van der Waals surface area contributed by atoms with Gasteiger partial charge < -0.3 is 0 Å². The Kier molecular flexibility index (Phi) is 6.63. The van der Waals surface area contributed by atoms with Crippen LogP contribution in [-0.4, -0.2) is 17.6 Å². The van der Waals surface area contributed by atoms with Crippen LogP contribution in [0, 0.1) is 11.8 Å². The first-order chi connectivity index (χ1) is 22.3. The molecule has 0 unspecified atom stereocenters. The molecule has 1 saturated carbocycles. The van der Waals surface area contributed by atoms with Crippen LogP contribution in [0.4, 0.5) is 5.69 Å². The summed E-state index contributed by atoms with van der Waals surface area (Å²) in [5.74, 6) is -3.16. The summed E-state index contributed by atoms with van der Waals surface area (Å²) in [7, 11) is 0. The van der Waals surface area contributed by atoms with Gasteiger partial charge in [0, 0.05) is 15.1 Å². The summed E-state index contributed by atoms with van der Waals surface area (Å²) in [4.78, 5) is 47.1. The number of fused-ring (bicyclic) bond motifs is 5. The van der Waals surface area contributed by atoms with Gasteiger partial charge in [-0.2, -0.15) is 0 Å². The maximum Gasteiger partial charge on any atom is 0.239 e. The van der Waals surface area contributed by atoms with Gasteiger partial charge in [-0.3, -0.25) is 14.4 Å². The zero-order valence-corrected chi connectivity index (χ0v) is 26.4. The Bertz CT molecular complexity index is 1950. The highest BCUT2D eigenvalue weighted by atomic mass is 35.5. The van der Waals surface area contributed by atoms with Crippen molar-refractivity contribution in [2.45, 2.75) is 10.8 Å². The lowest BCUT2D eigenvalue weighted by atomic mass is 9.59. The summed E-state index contributed by atoms with van der Waals surface area (Å²) < 4.78 is 0. The molecule has 46 heavy (non-hydrogen) atoms. The summed E-state index contributed by atoms with van der Waals surface area (Å²) in [6.45, 7) is 0. The molecule has 7 heteroatoms. The van der Waals surface area contributed by atoms with Crippen LogP contribution in [0.2, 0.25) is 15.1 Å². The van der Waals surface area contributed by atoms with Gasteiger partial charge in [0.15, 0.2) is 5.78 Å². The van der Waals surface area contributed by atoms with E-state index in [-0.39, 0.29) is 5.78 Å². The monoisotopic (exact) mass is 659 g/mol. The van der Waals surface area contributed by atoms with Crippen LogP contribution in [0.25, 0.3) is 11.1 Å². The normalized spacial score (nSPS) is 25.0. The average molecular weight is 661 g/mol. The number of allylic oxidation sites excluding steroid dienone is 2. The van der Waals surface area contributed by atoms with Gasteiger partial charge in [0.25, 0.3) is 0 Å². The van der Waals surface area contributed by atoms with E-state index in [9.17, 15) is 9.59 Å². The van der Waals surface area contributed by atoms with E-state index in [1.54, 1.807) is 48.5 Å². The van der Waals surface area contributed by atoms with Crippen molar-refractivity contribution in [2.75, 3.05) is 4.90 Å². The molecular formula is C39H24Cl3NO3. The molecule has 0 spiro atoms. The third-order valence-corrected chi connectivity index (χ3v) is 10.6. The number of halogens is 3. The van der Waals surface area contributed by atoms with Crippen LogP contribution in [0.3, 0.4) is 0 Å². The fourth-order valence-electron chi connectivity index (χ4n) is 8.20. The lowest BCUT2D eigenvalue weighted by Gasteiger charge is -2.39. The Labute approximate surface area is 280 Å². The first kappa shape index (κ1) is 29.0. The minimum atomic E-state index is -1.52. The van der Waals surface area contributed by atoms with Crippen LogP contribution >= 0.6 is 34.8 Å². The Morgan fingerprint density at radius 2 is 0.804 bits per heavy atom. The van der Waals surface area contributed by atoms with Crippen LogP contribution in [0.1, 0.15) is 22.3 Å². The minimum absolute atomic E-state index is 0.213. The fraction of sp³-hybridized carbons (Fsp3) is 0.103. The van der Waals surface area contributed by atoms with Crippen molar-refractivity contribution in [3.05, 3.63) is 171 Å². The zero-order chi connectivity index (χ0) is 31.8. The molecule has 5 aromatic rings. The van der Waals surface area contributed by atoms with Gasteiger partial charge in [0.1, 0.15) is 0 Å². The number of anilines is 1. The molecule has 4 atom stereocenters. The third-order valence-electron chi connectivity index (χ3n) is 9.80. The van der Waals surface area contributed by atoms with Gasteiger partial charge >= 0.3 is 0 Å². The van der Waals surface area contributed by atoms with E-state index in [2.05, 4.69) is 0 Å². The number of nitrogens with zero attached hydrogens (tertiary/aromatic N) is 1. The molecule has 8 rings (SSSR count). The molecule has 2 aliphatic carbocycles. The smallest absolute Gasteiger partial charge is 0.239 e. The minimum Gasteiger partial charge on any atom is -0.297 e. The van der Waals surface area contributed by atoms with E-state index in [4.69, 9.17) is 34.8 Å². The average Bonchev–Trinajstić information content (AvgIpc) is 3.58. The molecule has 0 aromatic heterocycles. The van der Waals surface area contributed by atoms with Crippen molar-refractivity contribution in [3.63, 3.8) is 0 Å². The van der Waals surface area contributed by atoms with E-state index >= 15 is 4.79 Å². The summed E-state index contributed by atoms with van der Waals surface area (Å²) in [5.41, 5.74) is 1.59. The molecule has 3 aliphatic rings. The van der Waals surface area contributed by atoms with Crippen molar-refractivity contribution in [3.8, 4) is 0 Å².